The normalized spacial score (nSPS) is 12.4. The Labute approximate surface area is 120 Å². The number of aryl methyl sites for hydroxylation is 1. The van der Waals surface area contributed by atoms with Gasteiger partial charge in [0, 0.05) is 11.1 Å². The first-order valence-corrected chi connectivity index (χ1v) is 7.02. The number of rotatable bonds is 5. The molecule has 0 aromatic heterocycles. The minimum atomic E-state index is 0.447. The quantitative estimate of drug-likeness (QED) is 0.868. The topological polar surface area (TPSA) is 12.0 Å². The lowest BCUT2D eigenvalue weighted by Gasteiger charge is -2.16. The summed E-state index contributed by atoms with van der Waals surface area (Å²) < 4.78 is 0. The van der Waals surface area contributed by atoms with Gasteiger partial charge in [0.15, 0.2) is 0 Å². The van der Waals surface area contributed by atoms with Crippen LogP contribution in [0.2, 0.25) is 5.02 Å². The van der Waals surface area contributed by atoms with Crippen LogP contribution in [0.15, 0.2) is 48.5 Å². The first-order valence-electron chi connectivity index (χ1n) is 6.64. The molecule has 0 heterocycles. The van der Waals surface area contributed by atoms with Crippen LogP contribution < -0.4 is 5.32 Å². The van der Waals surface area contributed by atoms with Gasteiger partial charge in [-0.1, -0.05) is 53.6 Å². The fourth-order valence-electron chi connectivity index (χ4n) is 2.30. The SMILES string of the molecule is CNC(Cc1ccc(Cl)cc1)Cc1cccc(C)c1. The predicted octanol–water partition coefficient (Wildman–Crippen LogP) is 4.02. The van der Waals surface area contributed by atoms with Crippen LogP contribution in [0.3, 0.4) is 0 Å². The van der Waals surface area contributed by atoms with Crippen LogP contribution >= 0.6 is 11.6 Å². The molecule has 1 N–H and O–H groups in total. The van der Waals surface area contributed by atoms with E-state index in [0.29, 0.717) is 6.04 Å². The molecule has 2 heteroatoms. The number of likely N-dealkylation sites (N-methyl/N-ethyl adjacent to an activating group) is 1. The molecule has 0 fully saturated rings. The Hall–Kier alpha value is -1.31. The van der Waals surface area contributed by atoms with Gasteiger partial charge in [0.1, 0.15) is 0 Å². The van der Waals surface area contributed by atoms with Crippen molar-refractivity contribution in [2.45, 2.75) is 25.8 Å². The number of nitrogens with one attached hydrogen (secondary N) is 1. The monoisotopic (exact) mass is 273 g/mol. The lowest BCUT2D eigenvalue weighted by molar-refractivity contribution is 0.556. The van der Waals surface area contributed by atoms with E-state index in [2.05, 4.69) is 48.6 Å². The van der Waals surface area contributed by atoms with Crippen LogP contribution in [0.4, 0.5) is 0 Å². The largest absolute Gasteiger partial charge is 0.316 e. The summed E-state index contributed by atoms with van der Waals surface area (Å²) in [6.45, 7) is 2.14. The van der Waals surface area contributed by atoms with Gasteiger partial charge in [0.25, 0.3) is 0 Å². The lowest BCUT2D eigenvalue weighted by Crippen LogP contribution is -2.29. The van der Waals surface area contributed by atoms with Crippen LogP contribution in [-0.4, -0.2) is 13.1 Å². The number of halogens is 1. The maximum absolute atomic E-state index is 5.91. The maximum atomic E-state index is 5.91. The summed E-state index contributed by atoms with van der Waals surface area (Å²) in [4.78, 5) is 0. The molecule has 0 bridgehead atoms. The molecule has 1 unspecified atom stereocenters. The van der Waals surface area contributed by atoms with E-state index in [9.17, 15) is 0 Å². The summed E-state index contributed by atoms with van der Waals surface area (Å²) >= 11 is 5.91. The predicted molar refractivity (Wildman–Crippen MR) is 82.9 cm³/mol. The first kappa shape index (κ1) is 14.1. The van der Waals surface area contributed by atoms with Crippen molar-refractivity contribution in [3.63, 3.8) is 0 Å². The molecule has 1 nitrogen and oxygen atoms in total. The highest BCUT2D eigenvalue weighted by atomic mass is 35.5. The van der Waals surface area contributed by atoms with Gasteiger partial charge in [-0.05, 0) is 50.1 Å². The van der Waals surface area contributed by atoms with Crippen LogP contribution in [0.5, 0.6) is 0 Å². The third-order valence-corrected chi connectivity index (χ3v) is 3.62. The molecule has 2 aromatic carbocycles. The van der Waals surface area contributed by atoms with Crippen LogP contribution in [0.1, 0.15) is 16.7 Å². The van der Waals surface area contributed by atoms with Crippen molar-refractivity contribution < 1.29 is 0 Å². The second-order valence-electron chi connectivity index (χ2n) is 5.01. The van der Waals surface area contributed by atoms with Crippen LogP contribution in [-0.2, 0) is 12.8 Å². The van der Waals surface area contributed by atoms with E-state index in [-0.39, 0.29) is 0 Å². The van der Waals surface area contributed by atoms with Crippen molar-refractivity contribution in [1.29, 1.82) is 0 Å². The van der Waals surface area contributed by atoms with Crippen molar-refractivity contribution in [3.8, 4) is 0 Å². The molecular weight excluding hydrogens is 254 g/mol. The molecular formula is C17H20ClN. The lowest BCUT2D eigenvalue weighted by atomic mass is 9.98. The van der Waals surface area contributed by atoms with Crippen molar-refractivity contribution in [2.75, 3.05) is 7.05 Å². The summed E-state index contributed by atoms with van der Waals surface area (Å²) in [7, 11) is 2.02. The van der Waals surface area contributed by atoms with Crippen molar-refractivity contribution >= 4 is 11.6 Å². The molecule has 0 aliphatic carbocycles. The molecule has 0 aliphatic rings. The molecule has 19 heavy (non-hydrogen) atoms. The van der Waals surface area contributed by atoms with Crippen LogP contribution in [0.25, 0.3) is 0 Å². The Bertz CT molecular complexity index is 519. The minimum absolute atomic E-state index is 0.447. The Morgan fingerprint density at radius 2 is 1.68 bits per heavy atom. The van der Waals surface area contributed by atoms with E-state index in [4.69, 9.17) is 11.6 Å². The van der Waals surface area contributed by atoms with Crippen molar-refractivity contribution in [1.82, 2.24) is 5.32 Å². The third-order valence-electron chi connectivity index (χ3n) is 3.37. The Morgan fingerprint density at radius 1 is 1.00 bits per heavy atom. The zero-order chi connectivity index (χ0) is 13.7. The number of hydrogen-bond donors (Lipinski definition) is 1. The van der Waals surface area contributed by atoms with Gasteiger partial charge in [-0.3, -0.25) is 0 Å². The van der Waals surface area contributed by atoms with E-state index in [1.807, 2.05) is 19.2 Å². The molecule has 1 atom stereocenters. The third kappa shape index (κ3) is 4.38. The van der Waals surface area contributed by atoms with E-state index in [0.717, 1.165) is 17.9 Å². The van der Waals surface area contributed by atoms with E-state index in [1.165, 1.54) is 16.7 Å². The summed E-state index contributed by atoms with van der Waals surface area (Å²) in [5, 5.41) is 4.19. The zero-order valence-corrected chi connectivity index (χ0v) is 12.2. The number of hydrogen-bond acceptors (Lipinski definition) is 1. The van der Waals surface area contributed by atoms with E-state index < -0.39 is 0 Å². The maximum Gasteiger partial charge on any atom is 0.0406 e. The molecule has 2 rings (SSSR count). The second kappa shape index (κ2) is 6.74. The molecule has 0 amide bonds. The average Bonchev–Trinajstić information content (AvgIpc) is 2.40. The molecule has 0 aliphatic heterocycles. The van der Waals surface area contributed by atoms with Crippen LogP contribution in [0, 0.1) is 6.92 Å². The summed E-state index contributed by atoms with van der Waals surface area (Å²) in [5.74, 6) is 0. The first-order chi connectivity index (χ1) is 9.17. The zero-order valence-electron chi connectivity index (χ0n) is 11.5. The second-order valence-corrected chi connectivity index (χ2v) is 5.45. The molecule has 0 saturated carbocycles. The molecule has 2 aromatic rings. The Balaban J connectivity index is 2.02. The fourth-order valence-corrected chi connectivity index (χ4v) is 2.43. The van der Waals surface area contributed by atoms with Gasteiger partial charge in [-0.15, -0.1) is 0 Å². The Morgan fingerprint density at radius 3 is 2.32 bits per heavy atom. The summed E-state index contributed by atoms with van der Waals surface area (Å²) in [6, 6.07) is 17.3. The molecule has 100 valence electrons. The summed E-state index contributed by atoms with van der Waals surface area (Å²) in [6.07, 6.45) is 2.06. The van der Waals surface area contributed by atoms with E-state index in [1.54, 1.807) is 0 Å². The summed E-state index contributed by atoms with van der Waals surface area (Å²) in [5.41, 5.74) is 4.02. The van der Waals surface area contributed by atoms with Gasteiger partial charge < -0.3 is 5.32 Å². The molecule has 0 spiro atoms. The molecule has 0 radical (unpaired) electrons. The highest BCUT2D eigenvalue weighted by Gasteiger charge is 2.08. The van der Waals surface area contributed by atoms with Gasteiger partial charge in [0.2, 0.25) is 0 Å². The van der Waals surface area contributed by atoms with Crippen molar-refractivity contribution in [3.05, 3.63) is 70.2 Å². The number of benzene rings is 2. The van der Waals surface area contributed by atoms with Crippen molar-refractivity contribution in [2.24, 2.45) is 0 Å². The average molecular weight is 274 g/mol. The minimum Gasteiger partial charge on any atom is -0.316 e. The standard InChI is InChI=1S/C17H20ClN/c1-13-4-3-5-15(10-13)12-17(19-2)11-14-6-8-16(18)9-7-14/h3-10,17,19H,11-12H2,1-2H3. The molecule has 0 saturated heterocycles. The van der Waals surface area contributed by atoms with Gasteiger partial charge in [-0.2, -0.15) is 0 Å². The highest BCUT2D eigenvalue weighted by Crippen LogP contribution is 2.13. The Kier molecular flexibility index (Phi) is 5.00. The van der Waals surface area contributed by atoms with E-state index >= 15 is 0 Å². The van der Waals surface area contributed by atoms with Gasteiger partial charge >= 0.3 is 0 Å². The van der Waals surface area contributed by atoms with Gasteiger partial charge in [-0.25, -0.2) is 0 Å². The fraction of sp³-hybridized carbons (Fsp3) is 0.294. The highest BCUT2D eigenvalue weighted by molar-refractivity contribution is 6.30. The smallest absolute Gasteiger partial charge is 0.0406 e. The van der Waals surface area contributed by atoms with Gasteiger partial charge in [0.05, 0.1) is 0 Å².